The van der Waals surface area contributed by atoms with E-state index < -0.39 is 35.0 Å². The molecule has 0 radical (unpaired) electrons. The Morgan fingerprint density at radius 2 is 1.96 bits per heavy atom. The summed E-state index contributed by atoms with van der Waals surface area (Å²) in [6.07, 6.45) is 0. The first-order chi connectivity index (χ1) is 11.8. The molecule has 6 nitrogen and oxygen atoms in total. The number of benzene rings is 1. The van der Waals surface area contributed by atoms with Crippen LogP contribution in [0.5, 0.6) is 0 Å². The molecule has 0 fully saturated rings. The number of ether oxygens (including phenoxy) is 1. The smallest absolute Gasteiger partial charge is 0.348 e. The van der Waals surface area contributed by atoms with Crippen LogP contribution in [-0.2, 0) is 4.74 Å². The summed E-state index contributed by atoms with van der Waals surface area (Å²) in [6.45, 7) is 3.21. The van der Waals surface area contributed by atoms with Gasteiger partial charge in [-0.3, -0.25) is 9.59 Å². The molecule has 0 saturated carbocycles. The molecule has 2 rings (SSSR count). The van der Waals surface area contributed by atoms with E-state index in [1.165, 1.54) is 6.92 Å². The van der Waals surface area contributed by atoms with Crippen molar-refractivity contribution in [3.8, 4) is 0 Å². The van der Waals surface area contributed by atoms with Crippen LogP contribution in [0.15, 0.2) is 18.2 Å². The number of esters is 1. The molecule has 0 saturated heterocycles. The molecule has 132 valence electrons. The van der Waals surface area contributed by atoms with Crippen molar-refractivity contribution in [3.05, 3.63) is 51.4 Å². The Morgan fingerprint density at radius 1 is 1.28 bits per heavy atom. The van der Waals surface area contributed by atoms with Crippen molar-refractivity contribution in [3.63, 3.8) is 0 Å². The summed E-state index contributed by atoms with van der Waals surface area (Å²) in [5, 5.41) is 2.26. The quantitative estimate of drug-likeness (QED) is 0.793. The lowest BCUT2D eigenvalue weighted by molar-refractivity contribution is 0.0531. The van der Waals surface area contributed by atoms with Crippen LogP contribution in [0.2, 0.25) is 0 Å². The van der Waals surface area contributed by atoms with Gasteiger partial charge in [0.1, 0.15) is 21.5 Å². The number of carbonyl (C=O) groups excluding carboxylic acids is 3. The third-order valence-electron chi connectivity index (χ3n) is 3.25. The molecule has 3 N–H and O–H groups in total. The third kappa shape index (κ3) is 3.82. The van der Waals surface area contributed by atoms with Gasteiger partial charge >= 0.3 is 5.97 Å². The maximum atomic E-state index is 13.7. The number of halogens is 2. The predicted octanol–water partition coefficient (Wildman–Crippen LogP) is 2.86. The number of hydrogen-bond donors (Lipinski definition) is 2. The number of carbonyl (C=O) groups is 3. The summed E-state index contributed by atoms with van der Waals surface area (Å²) in [7, 11) is 0. The number of thiophene rings is 1. The highest BCUT2D eigenvalue weighted by molar-refractivity contribution is 7.18. The third-order valence-corrected chi connectivity index (χ3v) is 4.44. The molecule has 1 heterocycles. The fraction of sp³-hybridized carbons (Fsp3) is 0.188. The monoisotopic (exact) mass is 368 g/mol. The van der Waals surface area contributed by atoms with Crippen LogP contribution < -0.4 is 11.1 Å². The minimum absolute atomic E-state index is 0.0401. The first-order valence-corrected chi connectivity index (χ1v) is 7.94. The van der Waals surface area contributed by atoms with Crippen molar-refractivity contribution in [1.29, 1.82) is 0 Å². The first-order valence-electron chi connectivity index (χ1n) is 7.13. The lowest BCUT2D eigenvalue weighted by Crippen LogP contribution is -2.18. The first kappa shape index (κ1) is 18.5. The van der Waals surface area contributed by atoms with E-state index in [0.717, 1.165) is 29.5 Å². The zero-order chi connectivity index (χ0) is 18.7. The van der Waals surface area contributed by atoms with E-state index in [1.807, 2.05) is 0 Å². The maximum absolute atomic E-state index is 13.7. The van der Waals surface area contributed by atoms with Crippen LogP contribution in [0, 0.1) is 18.6 Å². The lowest BCUT2D eigenvalue weighted by Gasteiger charge is -2.06. The molecule has 0 spiro atoms. The van der Waals surface area contributed by atoms with E-state index in [0.29, 0.717) is 0 Å². The Hall–Kier alpha value is -2.81. The summed E-state index contributed by atoms with van der Waals surface area (Å²) in [4.78, 5) is 35.9. The Balaban J connectivity index is 2.43. The summed E-state index contributed by atoms with van der Waals surface area (Å²) >= 11 is 0.772. The Kier molecular flexibility index (Phi) is 5.48. The van der Waals surface area contributed by atoms with Crippen LogP contribution >= 0.6 is 11.3 Å². The molecule has 9 heteroatoms. The van der Waals surface area contributed by atoms with E-state index in [2.05, 4.69) is 5.32 Å². The second kappa shape index (κ2) is 7.39. The molecular weight excluding hydrogens is 354 g/mol. The van der Waals surface area contributed by atoms with Gasteiger partial charge in [-0.15, -0.1) is 11.3 Å². The molecule has 0 aliphatic rings. The number of primary amides is 1. The number of nitrogens with two attached hydrogens (primary N) is 1. The highest BCUT2D eigenvalue weighted by atomic mass is 32.1. The normalized spacial score (nSPS) is 10.4. The molecule has 1 aromatic carbocycles. The molecule has 0 bridgehead atoms. The van der Waals surface area contributed by atoms with Crippen molar-refractivity contribution in [1.82, 2.24) is 0 Å². The van der Waals surface area contributed by atoms with Crippen molar-refractivity contribution in [2.24, 2.45) is 5.73 Å². The van der Waals surface area contributed by atoms with Crippen molar-refractivity contribution in [2.75, 3.05) is 11.9 Å². The standard InChI is InChI=1S/C16H14F2N2O4S/c1-3-24-16(23)12-7(2)11(13(19)21)15(25-12)20-14(22)9-6-8(17)4-5-10(9)18/h4-6H,3H2,1-2H3,(H2,19,21)(H,20,22). The molecule has 1 aromatic heterocycles. The van der Waals surface area contributed by atoms with Gasteiger partial charge in [0.05, 0.1) is 17.7 Å². The highest BCUT2D eigenvalue weighted by Gasteiger charge is 2.26. The fourth-order valence-corrected chi connectivity index (χ4v) is 3.23. The SMILES string of the molecule is CCOC(=O)c1sc(NC(=O)c2cc(F)ccc2F)c(C(N)=O)c1C. The van der Waals surface area contributed by atoms with Gasteiger partial charge in [-0.1, -0.05) is 0 Å². The second-order valence-electron chi connectivity index (χ2n) is 4.92. The van der Waals surface area contributed by atoms with Gasteiger partial charge in [-0.05, 0) is 37.6 Å². The highest BCUT2D eigenvalue weighted by Crippen LogP contribution is 2.33. The molecule has 0 aliphatic carbocycles. The van der Waals surface area contributed by atoms with Gasteiger partial charge in [0, 0.05) is 0 Å². The average Bonchev–Trinajstić information content (AvgIpc) is 2.86. The van der Waals surface area contributed by atoms with Gasteiger partial charge in [-0.2, -0.15) is 0 Å². The minimum atomic E-state index is -0.976. The maximum Gasteiger partial charge on any atom is 0.348 e. The summed E-state index contributed by atoms with van der Waals surface area (Å²) in [6, 6.07) is 2.40. The van der Waals surface area contributed by atoms with Crippen LogP contribution in [0.25, 0.3) is 0 Å². The lowest BCUT2D eigenvalue weighted by atomic mass is 10.1. The summed E-state index contributed by atoms with van der Waals surface area (Å²) < 4.78 is 31.8. The van der Waals surface area contributed by atoms with Crippen molar-refractivity contribution < 1.29 is 27.9 Å². The average molecular weight is 368 g/mol. The fourth-order valence-electron chi connectivity index (χ4n) is 2.13. The Morgan fingerprint density at radius 3 is 2.56 bits per heavy atom. The number of nitrogens with one attached hydrogen (secondary N) is 1. The largest absolute Gasteiger partial charge is 0.462 e. The van der Waals surface area contributed by atoms with E-state index in [4.69, 9.17) is 10.5 Å². The zero-order valence-corrected chi connectivity index (χ0v) is 14.1. The van der Waals surface area contributed by atoms with Crippen LogP contribution in [-0.4, -0.2) is 24.4 Å². The van der Waals surface area contributed by atoms with Crippen molar-refractivity contribution in [2.45, 2.75) is 13.8 Å². The predicted molar refractivity (Wildman–Crippen MR) is 87.8 cm³/mol. The Labute approximate surface area is 145 Å². The van der Waals surface area contributed by atoms with E-state index in [1.54, 1.807) is 6.92 Å². The van der Waals surface area contributed by atoms with E-state index in [-0.39, 0.29) is 27.6 Å². The van der Waals surface area contributed by atoms with Crippen LogP contribution in [0.1, 0.15) is 42.9 Å². The van der Waals surface area contributed by atoms with Crippen molar-refractivity contribution >= 4 is 34.1 Å². The van der Waals surface area contributed by atoms with Gasteiger partial charge in [0.2, 0.25) is 0 Å². The van der Waals surface area contributed by atoms with Crippen LogP contribution in [0.4, 0.5) is 13.8 Å². The van der Waals surface area contributed by atoms with E-state index >= 15 is 0 Å². The number of amides is 2. The molecule has 2 amide bonds. The molecular formula is C16H14F2N2O4S. The molecule has 0 unspecified atom stereocenters. The van der Waals surface area contributed by atoms with Gasteiger partial charge in [-0.25, -0.2) is 13.6 Å². The second-order valence-corrected chi connectivity index (χ2v) is 5.94. The van der Waals surface area contributed by atoms with E-state index in [9.17, 15) is 23.2 Å². The summed E-state index contributed by atoms with van der Waals surface area (Å²) in [5.41, 5.74) is 4.92. The topological polar surface area (TPSA) is 98.5 Å². The number of rotatable bonds is 5. The molecule has 0 atom stereocenters. The molecule has 25 heavy (non-hydrogen) atoms. The number of hydrogen-bond acceptors (Lipinski definition) is 5. The minimum Gasteiger partial charge on any atom is -0.462 e. The number of anilines is 1. The van der Waals surface area contributed by atoms with Gasteiger partial charge in [0.15, 0.2) is 0 Å². The van der Waals surface area contributed by atoms with Gasteiger partial charge in [0.25, 0.3) is 11.8 Å². The van der Waals surface area contributed by atoms with Crippen LogP contribution in [0.3, 0.4) is 0 Å². The molecule has 0 aliphatic heterocycles. The molecule has 2 aromatic rings. The Bertz CT molecular complexity index is 864. The summed E-state index contributed by atoms with van der Waals surface area (Å²) in [5.74, 6) is -4.25. The zero-order valence-electron chi connectivity index (χ0n) is 13.3. The van der Waals surface area contributed by atoms with Gasteiger partial charge < -0.3 is 15.8 Å².